The molecular formula is C17H19NO3. The van der Waals surface area contributed by atoms with Crippen LogP contribution >= 0.6 is 0 Å². The van der Waals surface area contributed by atoms with Crippen molar-refractivity contribution in [1.82, 2.24) is 0 Å². The molecule has 2 aliphatic rings. The molecule has 2 bridgehead atoms. The van der Waals surface area contributed by atoms with Crippen LogP contribution in [0.4, 0.5) is 0 Å². The molecule has 110 valence electrons. The maximum Gasteiger partial charge on any atom is 0.365 e. The molecule has 21 heavy (non-hydrogen) atoms. The lowest BCUT2D eigenvalue weighted by Crippen LogP contribution is -2.33. The molecule has 2 saturated carbocycles. The quantitative estimate of drug-likeness (QED) is 0.619. The van der Waals surface area contributed by atoms with Crippen LogP contribution in [-0.4, -0.2) is 17.5 Å². The van der Waals surface area contributed by atoms with E-state index in [2.05, 4.69) is 19.0 Å². The minimum atomic E-state index is -0.526. The van der Waals surface area contributed by atoms with Crippen molar-refractivity contribution in [3.63, 3.8) is 0 Å². The molecule has 0 N–H and O–H groups in total. The summed E-state index contributed by atoms with van der Waals surface area (Å²) >= 11 is 0. The molecule has 0 aromatic heterocycles. The summed E-state index contributed by atoms with van der Waals surface area (Å²) in [5.41, 5.74) is 0.360. The number of hydrogen-bond donors (Lipinski definition) is 0. The zero-order chi connectivity index (χ0) is 15.3. The van der Waals surface area contributed by atoms with Crippen LogP contribution in [0.15, 0.2) is 35.5 Å². The molecule has 0 aliphatic heterocycles. The smallest absolute Gasteiger partial charge is 0.312 e. The number of carbonyl (C=O) groups excluding carboxylic acids is 2. The number of benzene rings is 1. The monoisotopic (exact) mass is 285 g/mol. The van der Waals surface area contributed by atoms with Crippen molar-refractivity contribution in [2.75, 3.05) is 0 Å². The predicted octanol–water partition coefficient (Wildman–Crippen LogP) is 3.22. The first-order valence-electron chi connectivity index (χ1n) is 7.27. The van der Waals surface area contributed by atoms with Crippen molar-refractivity contribution in [2.45, 2.75) is 33.6 Å². The van der Waals surface area contributed by atoms with Gasteiger partial charge in [-0.3, -0.25) is 4.79 Å². The van der Waals surface area contributed by atoms with Gasteiger partial charge in [0, 0.05) is 11.3 Å². The van der Waals surface area contributed by atoms with Gasteiger partial charge in [0.05, 0.1) is 5.56 Å². The minimum absolute atomic E-state index is 0.0320. The Balaban J connectivity index is 1.83. The lowest BCUT2D eigenvalue weighted by atomic mass is 9.70. The van der Waals surface area contributed by atoms with Gasteiger partial charge >= 0.3 is 5.97 Å². The van der Waals surface area contributed by atoms with E-state index in [1.165, 1.54) is 0 Å². The van der Waals surface area contributed by atoms with E-state index in [0.717, 1.165) is 12.8 Å². The molecule has 3 rings (SSSR count). The Morgan fingerprint density at radius 2 is 1.90 bits per heavy atom. The lowest BCUT2D eigenvalue weighted by Gasteiger charge is -2.31. The molecule has 0 spiro atoms. The minimum Gasteiger partial charge on any atom is -0.312 e. The predicted molar refractivity (Wildman–Crippen MR) is 78.9 cm³/mol. The molecule has 2 unspecified atom stereocenters. The van der Waals surface area contributed by atoms with E-state index in [1.807, 2.05) is 13.0 Å². The van der Waals surface area contributed by atoms with Gasteiger partial charge < -0.3 is 4.84 Å². The Morgan fingerprint density at radius 3 is 2.48 bits per heavy atom. The topological polar surface area (TPSA) is 55.7 Å². The Kier molecular flexibility index (Phi) is 3.01. The fourth-order valence-corrected chi connectivity index (χ4v) is 3.65. The van der Waals surface area contributed by atoms with Crippen molar-refractivity contribution >= 4 is 17.5 Å². The van der Waals surface area contributed by atoms with Crippen molar-refractivity contribution in [2.24, 2.45) is 21.9 Å². The van der Waals surface area contributed by atoms with Gasteiger partial charge in [0.1, 0.15) is 5.71 Å². The number of hydrogen-bond acceptors (Lipinski definition) is 4. The molecular weight excluding hydrogens is 266 g/mol. The van der Waals surface area contributed by atoms with Crippen molar-refractivity contribution in [3.05, 3.63) is 35.9 Å². The Bertz CT molecular complexity index is 633. The molecule has 0 saturated heterocycles. The van der Waals surface area contributed by atoms with E-state index in [0.29, 0.717) is 11.3 Å². The fraction of sp³-hybridized carbons (Fsp3) is 0.471. The second-order valence-electron chi connectivity index (χ2n) is 6.70. The molecule has 2 atom stereocenters. The van der Waals surface area contributed by atoms with Crippen LogP contribution in [-0.2, 0) is 9.63 Å². The number of carbonyl (C=O) groups is 2. The van der Waals surface area contributed by atoms with Crippen LogP contribution < -0.4 is 0 Å². The van der Waals surface area contributed by atoms with Crippen LogP contribution in [0.5, 0.6) is 0 Å². The first kappa shape index (κ1) is 14.0. The standard InChI is InChI=1S/C17H19NO3/c1-16(2)12-9-10-17(16,3)14(19)13(12)18-21-15(20)11-7-5-4-6-8-11/h4-8,12H,9-10H2,1-3H3/b18-13-. The summed E-state index contributed by atoms with van der Waals surface area (Å²) in [6.45, 7) is 6.20. The highest BCUT2D eigenvalue weighted by Crippen LogP contribution is 2.62. The Morgan fingerprint density at radius 1 is 1.24 bits per heavy atom. The maximum absolute atomic E-state index is 12.5. The summed E-state index contributed by atoms with van der Waals surface area (Å²) < 4.78 is 0. The van der Waals surface area contributed by atoms with Gasteiger partial charge in [0.15, 0.2) is 5.78 Å². The molecule has 1 aromatic rings. The van der Waals surface area contributed by atoms with Crippen molar-refractivity contribution in [3.8, 4) is 0 Å². The van der Waals surface area contributed by atoms with E-state index in [9.17, 15) is 9.59 Å². The van der Waals surface area contributed by atoms with Gasteiger partial charge in [-0.15, -0.1) is 0 Å². The highest BCUT2D eigenvalue weighted by atomic mass is 16.7. The van der Waals surface area contributed by atoms with E-state index in [1.54, 1.807) is 24.3 Å². The van der Waals surface area contributed by atoms with Crippen LogP contribution in [0.25, 0.3) is 0 Å². The van der Waals surface area contributed by atoms with Crippen LogP contribution in [0.2, 0.25) is 0 Å². The summed E-state index contributed by atoms with van der Waals surface area (Å²) in [4.78, 5) is 29.4. The van der Waals surface area contributed by atoms with Gasteiger partial charge in [0.2, 0.25) is 0 Å². The summed E-state index contributed by atoms with van der Waals surface area (Å²) in [5, 5.41) is 3.92. The number of oxime groups is 1. The zero-order valence-electron chi connectivity index (χ0n) is 12.6. The second kappa shape index (κ2) is 4.52. The number of ketones is 1. The maximum atomic E-state index is 12.5. The molecule has 0 amide bonds. The molecule has 1 aromatic carbocycles. The fourth-order valence-electron chi connectivity index (χ4n) is 3.65. The van der Waals surface area contributed by atoms with E-state index >= 15 is 0 Å². The van der Waals surface area contributed by atoms with Gasteiger partial charge in [-0.05, 0) is 30.4 Å². The van der Waals surface area contributed by atoms with E-state index < -0.39 is 5.97 Å². The van der Waals surface area contributed by atoms with Gasteiger partial charge in [-0.1, -0.05) is 44.1 Å². The third-order valence-corrected chi connectivity index (χ3v) is 5.53. The number of nitrogens with zero attached hydrogens (tertiary/aromatic N) is 1. The molecule has 4 nitrogen and oxygen atoms in total. The summed E-state index contributed by atoms with van der Waals surface area (Å²) in [6, 6.07) is 8.67. The van der Waals surface area contributed by atoms with E-state index in [4.69, 9.17) is 4.84 Å². The SMILES string of the molecule is CC12CCC(/C(=N/OC(=O)c3ccccc3)C1=O)C2(C)C. The highest BCUT2D eigenvalue weighted by molar-refractivity contribution is 6.45. The first-order valence-corrected chi connectivity index (χ1v) is 7.27. The lowest BCUT2D eigenvalue weighted by molar-refractivity contribution is -0.123. The molecule has 2 fully saturated rings. The highest BCUT2D eigenvalue weighted by Gasteiger charge is 2.65. The van der Waals surface area contributed by atoms with Gasteiger partial charge in [0.25, 0.3) is 0 Å². The third kappa shape index (κ3) is 1.85. The van der Waals surface area contributed by atoms with Crippen molar-refractivity contribution in [1.29, 1.82) is 0 Å². The Hall–Kier alpha value is -1.97. The number of Topliss-reactive ketones (excluding diaryl/α,β-unsaturated/α-hetero) is 1. The van der Waals surface area contributed by atoms with Crippen LogP contribution in [0, 0.1) is 16.7 Å². The zero-order valence-corrected chi connectivity index (χ0v) is 12.6. The summed E-state index contributed by atoms with van der Waals surface area (Å²) in [5.74, 6) is -0.412. The molecule has 2 aliphatic carbocycles. The average Bonchev–Trinajstić information content (AvgIpc) is 2.78. The van der Waals surface area contributed by atoms with Gasteiger partial charge in [-0.25, -0.2) is 4.79 Å². The largest absolute Gasteiger partial charge is 0.365 e. The second-order valence-corrected chi connectivity index (χ2v) is 6.70. The number of rotatable bonds is 2. The number of fused-ring (bicyclic) bond motifs is 2. The summed E-state index contributed by atoms with van der Waals surface area (Å²) in [7, 11) is 0. The van der Waals surface area contributed by atoms with Crippen LogP contribution in [0.1, 0.15) is 44.0 Å². The van der Waals surface area contributed by atoms with E-state index in [-0.39, 0.29) is 22.5 Å². The van der Waals surface area contributed by atoms with Crippen LogP contribution in [0.3, 0.4) is 0 Å². The molecule has 4 heteroatoms. The molecule has 0 heterocycles. The normalized spacial score (nSPS) is 31.7. The first-order chi connectivity index (χ1) is 9.88. The van der Waals surface area contributed by atoms with Crippen molar-refractivity contribution < 1.29 is 14.4 Å². The Labute approximate surface area is 124 Å². The third-order valence-electron chi connectivity index (χ3n) is 5.53. The van der Waals surface area contributed by atoms with Gasteiger partial charge in [-0.2, -0.15) is 0 Å². The average molecular weight is 285 g/mol. The summed E-state index contributed by atoms with van der Waals surface area (Å²) in [6.07, 6.45) is 1.81. The molecule has 0 radical (unpaired) electrons.